The first-order chi connectivity index (χ1) is 13.5. The Balaban J connectivity index is 2.23. The molecule has 0 aliphatic heterocycles. The van der Waals surface area contributed by atoms with Crippen molar-refractivity contribution in [3.63, 3.8) is 0 Å². The molecular formula is C19H25N3O5S2. The minimum absolute atomic E-state index is 0.0340. The summed E-state index contributed by atoms with van der Waals surface area (Å²) in [5.41, 5.74) is 0.726. The van der Waals surface area contributed by atoms with Crippen LogP contribution in [0.15, 0.2) is 58.3 Å². The molecule has 0 saturated heterocycles. The maximum Gasteiger partial charge on any atom is 0.261 e. The topological polar surface area (TPSA) is 104 Å². The second-order valence-electron chi connectivity index (χ2n) is 6.44. The van der Waals surface area contributed by atoms with E-state index in [9.17, 15) is 21.6 Å². The monoisotopic (exact) mass is 439 g/mol. The Hall–Kier alpha value is -2.43. The van der Waals surface area contributed by atoms with Gasteiger partial charge in [0.05, 0.1) is 9.79 Å². The van der Waals surface area contributed by atoms with Gasteiger partial charge in [0.25, 0.3) is 15.9 Å². The van der Waals surface area contributed by atoms with E-state index in [1.807, 2.05) is 0 Å². The lowest BCUT2D eigenvalue weighted by molar-refractivity contribution is 0.0827. The maximum atomic E-state index is 12.6. The standard InChI is InChI=1S/C19H25N3O5S2/c1-5-22(6-2)29(26,27)18-13-11-17(12-14-18)28(24,25)20-16-9-7-15(8-10-16)19(23)21(3)4/h7-14,20H,5-6H2,1-4H3. The van der Waals surface area contributed by atoms with Gasteiger partial charge in [0, 0.05) is 38.4 Å². The minimum atomic E-state index is -3.91. The number of carbonyl (C=O) groups excluding carboxylic acids is 1. The molecule has 2 aromatic rings. The molecule has 29 heavy (non-hydrogen) atoms. The molecule has 0 aromatic heterocycles. The van der Waals surface area contributed by atoms with Gasteiger partial charge in [-0.05, 0) is 48.5 Å². The van der Waals surface area contributed by atoms with Crippen molar-refractivity contribution < 1.29 is 21.6 Å². The van der Waals surface area contributed by atoms with Crippen molar-refractivity contribution in [3.05, 3.63) is 54.1 Å². The van der Waals surface area contributed by atoms with E-state index in [4.69, 9.17) is 0 Å². The molecule has 0 saturated carbocycles. The zero-order chi connectivity index (χ0) is 21.8. The van der Waals surface area contributed by atoms with E-state index in [0.717, 1.165) is 0 Å². The SMILES string of the molecule is CCN(CC)S(=O)(=O)c1ccc(S(=O)(=O)Nc2ccc(C(=O)N(C)C)cc2)cc1. The number of sulfonamides is 2. The van der Waals surface area contributed by atoms with Gasteiger partial charge in [0.1, 0.15) is 0 Å². The Morgan fingerprint density at radius 1 is 0.828 bits per heavy atom. The van der Waals surface area contributed by atoms with Crippen molar-refractivity contribution in [1.29, 1.82) is 0 Å². The van der Waals surface area contributed by atoms with Crippen LogP contribution < -0.4 is 4.72 Å². The van der Waals surface area contributed by atoms with E-state index in [2.05, 4.69) is 4.72 Å². The first-order valence-corrected chi connectivity index (χ1v) is 11.9. The molecule has 0 aliphatic rings. The van der Waals surface area contributed by atoms with Crippen LogP contribution in [0, 0.1) is 0 Å². The number of amides is 1. The largest absolute Gasteiger partial charge is 0.345 e. The predicted molar refractivity (Wildman–Crippen MR) is 112 cm³/mol. The summed E-state index contributed by atoms with van der Waals surface area (Å²) in [4.78, 5) is 13.3. The van der Waals surface area contributed by atoms with Crippen molar-refractivity contribution in [2.45, 2.75) is 23.6 Å². The minimum Gasteiger partial charge on any atom is -0.345 e. The number of hydrogen-bond donors (Lipinski definition) is 1. The number of benzene rings is 2. The van der Waals surface area contributed by atoms with Gasteiger partial charge >= 0.3 is 0 Å². The molecule has 0 atom stereocenters. The van der Waals surface area contributed by atoms with Crippen LogP contribution >= 0.6 is 0 Å². The molecule has 0 spiro atoms. The highest BCUT2D eigenvalue weighted by Crippen LogP contribution is 2.21. The van der Waals surface area contributed by atoms with Gasteiger partial charge in [-0.15, -0.1) is 0 Å². The van der Waals surface area contributed by atoms with Crippen LogP contribution in [0.1, 0.15) is 24.2 Å². The summed E-state index contributed by atoms with van der Waals surface area (Å²) >= 11 is 0. The Labute approximate surface area is 172 Å². The van der Waals surface area contributed by atoms with Crippen molar-refractivity contribution >= 4 is 31.6 Å². The molecule has 0 aliphatic carbocycles. The van der Waals surface area contributed by atoms with Crippen LogP contribution in [0.4, 0.5) is 5.69 Å². The van der Waals surface area contributed by atoms with Crippen LogP contribution in [-0.4, -0.2) is 59.1 Å². The molecule has 1 N–H and O–H groups in total. The molecule has 0 bridgehead atoms. The summed E-state index contributed by atoms with van der Waals surface area (Å²) in [6, 6.07) is 11.1. The number of rotatable bonds is 8. The van der Waals surface area contributed by atoms with Crippen molar-refractivity contribution in [1.82, 2.24) is 9.21 Å². The van der Waals surface area contributed by atoms with Crippen molar-refractivity contribution in [3.8, 4) is 0 Å². The first kappa shape index (κ1) is 22.9. The molecule has 0 fully saturated rings. The smallest absolute Gasteiger partial charge is 0.261 e. The molecule has 2 rings (SSSR count). The zero-order valence-corrected chi connectivity index (χ0v) is 18.4. The van der Waals surface area contributed by atoms with Crippen LogP contribution in [-0.2, 0) is 20.0 Å². The first-order valence-electron chi connectivity index (χ1n) is 8.97. The number of anilines is 1. The van der Waals surface area contributed by atoms with E-state index >= 15 is 0 Å². The van der Waals surface area contributed by atoms with Gasteiger partial charge in [-0.2, -0.15) is 4.31 Å². The molecule has 0 heterocycles. The van der Waals surface area contributed by atoms with Gasteiger partial charge in [-0.25, -0.2) is 16.8 Å². The molecule has 10 heteroatoms. The molecule has 8 nitrogen and oxygen atoms in total. The second kappa shape index (κ2) is 8.93. The highest BCUT2D eigenvalue weighted by molar-refractivity contribution is 7.92. The molecule has 1 amide bonds. The average molecular weight is 440 g/mol. The van der Waals surface area contributed by atoms with Gasteiger partial charge in [0.15, 0.2) is 0 Å². The van der Waals surface area contributed by atoms with Crippen LogP contribution in [0.25, 0.3) is 0 Å². The van der Waals surface area contributed by atoms with Crippen LogP contribution in [0.2, 0.25) is 0 Å². The highest BCUT2D eigenvalue weighted by Gasteiger charge is 2.23. The van der Waals surface area contributed by atoms with Gasteiger partial charge in [-0.3, -0.25) is 9.52 Å². The fourth-order valence-corrected chi connectivity index (χ4v) is 5.17. The van der Waals surface area contributed by atoms with E-state index in [0.29, 0.717) is 24.3 Å². The van der Waals surface area contributed by atoms with Gasteiger partial charge in [0.2, 0.25) is 10.0 Å². The normalized spacial score (nSPS) is 12.0. The van der Waals surface area contributed by atoms with E-state index in [1.54, 1.807) is 27.9 Å². The highest BCUT2D eigenvalue weighted by atomic mass is 32.2. The third kappa shape index (κ3) is 5.14. The fraction of sp³-hybridized carbons (Fsp3) is 0.316. The van der Waals surface area contributed by atoms with Crippen molar-refractivity contribution in [2.75, 3.05) is 31.9 Å². The Bertz CT molecular complexity index is 1060. The Morgan fingerprint density at radius 3 is 1.76 bits per heavy atom. The number of nitrogens with zero attached hydrogens (tertiary/aromatic N) is 2. The van der Waals surface area contributed by atoms with Crippen molar-refractivity contribution in [2.24, 2.45) is 0 Å². The summed E-state index contributed by atoms with van der Waals surface area (Å²) in [7, 11) is -4.31. The fourth-order valence-electron chi connectivity index (χ4n) is 2.66. The quantitative estimate of drug-likeness (QED) is 0.679. The summed E-state index contributed by atoms with van der Waals surface area (Å²) in [5.74, 6) is -0.190. The molecule has 2 aromatic carbocycles. The van der Waals surface area contributed by atoms with Crippen LogP contribution in [0.3, 0.4) is 0 Å². The molecular weight excluding hydrogens is 414 g/mol. The lowest BCUT2D eigenvalue weighted by Crippen LogP contribution is -2.30. The molecule has 158 valence electrons. The second-order valence-corrected chi connectivity index (χ2v) is 10.1. The maximum absolute atomic E-state index is 12.6. The average Bonchev–Trinajstić information content (AvgIpc) is 2.68. The summed E-state index contributed by atoms with van der Waals surface area (Å²) < 4.78 is 53.9. The number of carbonyl (C=O) groups is 1. The number of hydrogen-bond acceptors (Lipinski definition) is 5. The zero-order valence-electron chi connectivity index (χ0n) is 16.8. The lowest BCUT2D eigenvalue weighted by Gasteiger charge is -2.18. The number of nitrogens with one attached hydrogen (secondary N) is 1. The Morgan fingerprint density at radius 2 is 1.31 bits per heavy atom. The van der Waals surface area contributed by atoms with E-state index < -0.39 is 20.0 Å². The van der Waals surface area contributed by atoms with Gasteiger partial charge in [-0.1, -0.05) is 13.8 Å². The summed E-state index contributed by atoms with van der Waals surface area (Å²) in [5, 5.41) is 0. The van der Waals surface area contributed by atoms with Crippen LogP contribution in [0.5, 0.6) is 0 Å². The third-order valence-corrected chi connectivity index (χ3v) is 7.73. The summed E-state index contributed by atoms with van der Waals surface area (Å²) in [6.07, 6.45) is 0. The van der Waals surface area contributed by atoms with E-state index in [1.165, 1.54) is 57.7 Å². The molecule has 0 unspecified atom stereocenters. The lowest BCUT2D eigenvalue weighted by atomic mass is 10.2. The molecule has 0 radical (unpaired) electrons. The summed E-state index contributed by atoms with van der Waals surface area (Å²) in [6.45, 7) is 4.13. The third-order valence-electron chi connectivity index (χ3n) is 4.27. The Kier molecular flexibility index (Phi) is 7.04. The van der Waals surface area contributed by atoms with Gasteiger partial charge < -0.3 is 4.90 Å². The van der Waals surface area contributed by atoms with E-state index in [-0.39, 0.29) is 15.7 Å². The predicted octanol–water partition coefficient (Wildman–Crippen LogP) is 2.22.